The first-order valence-electron chi connectivity index (χ1n) is 10.5. The molecule has 0 bridgehead atoms. The number of aromatic nitrogens is 3. The molecule has 8 heteroatoms. The molecule has 2 aliphatic rings. The van der Waals surface area contributed by atoms with E-state index in [2.05, 4.69) is 17.3 Å². The molecule has 0 aliphatic heterocycles. The number of allylic oxidation sites excluding steroid dienone is 3. The second-order valence-electron chi connectivity index (χ2n) is 9.22. The molecule has 1 fully saturated rings. The van der Waals surface area contributed by atoms with E-state index in [0.29, 0.717) is 10.3 Å². The minimum Gasteiger partial charge on any atom is -0.496 e. The van der Waals surface area contributed by atoms with Crippen LogP contribution in [0, 0.1) is 6.92 Å². The van der Waals surface area contributed by atoms with Crippen LogP contribution >= 0.6 is 23.1 Å². The summed E-state index contributed by atoms with van der Waals surface area (Å²) in [5.74, 6) is 1.09. The molecule has 2 heterocycles. The highest BCUT2D eigenvalue weighted by molar-refractivity contribution is 8.03. The molecule has 0 radical (unpaired) electrons. The van der Waals surface area contributed by atoms with Crippen molar-refractivity contribution in [2.45, 2.75) is 82.2 Å². The Labute approximate surface area is 186 Å². The number of aliphatic hydroxyl groups is 2. The van der Waals surface area contributed by atoms with E-state index in [1.54, 1.807) is 21.0 Å². The Balaban J connectivity index is 1.58. The molecule has 30 heavy (non-hydrogen) atoms. The lowest BCUT2D eigenvalue weighted by molar-refractivity contribution is 0.0240. The maximum absolute atomic E-state index is 10.4. The molecule has 1 atom stereocenters. The van der Waals surface area contributed by atoms with E-state index < -0.39 is 11.2 Å². The summed E-state index contributed by atoms with van der Waals surface area (Å²) in [5.41, 5.74) is 0.552. The molecular weight excluding hydrogens is 418 g/mol. The van der Waals surface area contributed by atoms with Gasteiger partial charge < -0.3 is 14.9 Å². The van der Waals surface area contributed by atoms with Crippen molar-refractivity contribution >= 4 is 28.1 Å². The summed E-state index contributed by atoms with van der Waals surface area (Å²) in [5, 5.41) is 26.5. The topological polar surface area (TPSA) is 79.9 Å². The van der Waals surface area contributed by atoms with Crippen LogP contribution in [-0.4, -0.2) is 42.8 Å². The normalized spacial score (nSPS) is 27.8. The van der Waals surface area contributed by atoms with E-state index in [4.69, 9.17) is 9.72 Å². The van der Waals surface area contributed by atoms with Crippen molar-refractivity contribution in [1.82, 2.24) is 14.6 Å². The third kappa shape index (κ3) is 4.33. The van der Waals surface area contributed by atoms with Crippen molar-refractivity contribution in [3.05, 3.63) is 39.2 Å². The molecule has 0 saturated heterocycles. The lowest BCUT2D eigenvalue weighted by Crippen LogP contribution is -2.31. The monoisotopic (exact) mass is 449 g/mol. The van der Waals surface area contributed by atoms with Gasteiger partial charge in [0.2, 0.25) is 4.96 Å². The van der Waals surface area contributed by atoms with Crippen LogP contribution in [0.15, 0.2) is 22.8 Å². The van der Waals surface area contributed by atoms with E-state index in [0.717, 1.165) is 54.2 Å². The lowest BCUT2D eigenvalue weighted by atomic mass is 9.86. The number of ether oxygens (including phenoxy) is 1. The van der Waals surface area contributed by atoms with Gasteiger partial charge in [-0.1, -0.05) is 17.4 Å². The van der Waals surface area contributed by atoms with E-state index >= 15 is 0 Å². The summed E-state index contributed by atoms with van der Waals surface area (Å²) in [6.45, 7) is 7.47. The molecule has 4 rings (SSSR count). The van der Waals surface area contributed by atoms with Crippen LogP contribution in [0.2, 0.25) is 0 Å². The molecule has 2 aromatic heterocycles. The van der Waals surface area contributed by atoms with Crippen molar-refractivity contribution in [1.29, 1.82) is 0 Å². The first-order chi connectivity index (χ1) is 14.1. The second kappa shape index (κ2) is 7.97. The summed E-state index contributed by atoms with van der Waals surface area (Å²) in [6.07, 6.45) is 8.82. The number of hydrogen-bond donors (Lipinski definition) is 2. The van der Waals surface area contributed by atoms with Gasteiger partial charge in [0.25, 0.3) is 0 Å². The summed E-state index contributed by atoms with van der Waals surface area (Å²) in [4.78, 5) is 6.78. The number of nitrogens with zero attached hydrogens (tertiary/aromatic N) is 3. The van der Waals surface area contributed by atoms with Crippen LogP contribution in [0.25, 0.3) is 4.96 Å². The smallest absolute Gasteiger partial charge is 0.212 e. The molecule has 164 valence electrons. The Hall–Kier alpha value is -1.35. The Morgan fingerprint density at radius 3 is 2.67 bits per heavy atom. The zero-order valence-electron chi connectivity index (χ0n) is 18.3. The number of thioether (sulfide) groups is 1. The quantitative estimate of drug-likeness (QED) is 0.691. The van der Waals surface area contributed by atoms with Gasteiger partial charge >= 0.3 is 0 Å². The summed E-state index contributed by atoms with van der Waals surface area (Å²) in [6, 6.07) is 0. The van der Waals surface area contributed by atoms with E-state index in [1.807, 2.05) is 30.1 Å². The molecule has 6 nitrogen and oxygen atoms in total. The Morgan fingerprint density at radius 1 is 1.33 bits per heavy atom. The van der Waals surface area contributed by atoms with Gasteiger partial charge in [0, 0.05) is 16.1 Å². The van der Waals surface area contributed by atoms with Crippen molar-refractivity contribution in [2.24, 2.45) is 0 Å². The molecule has 2 aromatic rings. The van der Waals surface area contributed by atoms with Crippen LogP contribution in [-0.2, 0) is 10.3 Å². The van der Waals surface area contributed by atoms with Gasteiger partial charge in [-0.15, -0.1) is 11.8 Å². The second-order valence-corrected chi connectivity index (χ2v) is 11.6. The predicted octanol–water partition coefficient (Wildman–Crippen LogP) is 4.65. The number of imidazole rings is 1. The van der Waals surface area contributed by atoms with Crippen LogP contribution in [0.4, 0.5) is 0 Å². The van der Waals surface area contributed by atoms with E-state index in [-0.39, 0.29) is 5.92 Å². The third-order valence-electron chi connectivity index (χ3n) is 6.00. The minimum atomic E-state index is -0.981. The minimum absolute atomic E-state index is 0.157. The van der Waals surface area contributed by atoms with Gasteiger partial charge in [0.15, 0.2) is 0 Å². The summed E-state index contributed by atoms with van der Waals surface area (Å²) < 4.78 is 7.57. The van der Waals surface area contributed by atoms with Crippen molar-refractivity contribution < 1.29 is 14.9 Å². The highest BCUT2D eigenvalue weighted by Crippen LogP contribution is 2.44. The van der Waals surface area contributed by atoms with E-state index in [9.17, 15) is 10.2 Å². The number of fused-ring (bicyclic) bond motifs is 1. The standard InChI is InChI=1S/C22H31N3O3S2/c1-13-18(25-20(23-13)30-19(24-25)21(2,3)26)14-6-7-16(28-5)17(12-14)29-15-8-10-22(4,27)11-9-15/h6-7,14-15,26-27H,8-12H2,1-5H3/t14?,15-,22+. The zero-order chi connectivity index (χ0) is 21.7. The summed E-state index contributed by atoms with van der Waals surface area (Å²) in [7, 11) is 1.73. The van der Waals surface area contributed by atoms with Gasteiger partial charge in [-0.3, -0.25) is 0 Å². The maximum Gasteiger partial charge on any atom is 0.212 e. The molecule has 0 amide bonds. The fourth-order valence-electron chi connectivity index (χ4n) is 4.21. The van der Waals surface area contributed by atoms with Gasteiger partial charge in [-0.2, -0.15) is 5.10 Å². The molecule has 2 N–H and O–H groups in total. The first kappa shape index (κ1) is 21.9. The number of rotatable bonds is 5. The molecule has 1 unspecified atom stereocenters. The van der Waals surface area contributed by atoms with Crippen LogP contribution < -0.4 is 0 Å². The van der Waals surface area contributed by atoms with Gasteiger partial charge in [-0.25, -0.2) is 9.50 Å². The van der Waals surface area contributed by atoms with Crippen molar-refractivity contribution in [2.75, 3.05) is 7.11 Å². The molecule has 0 aromatic carbocycles. The largest absolute Gasteiger partial charge is 0.496 e. The number of hydrogen-bond acceptors (Lipinski definition) is 7. The van der Waals surface area contributed by atoms with Crippen LogP contribution in [0.3, 0.4) is 0 Å². The Morgan fingerprint density at radius 2 is 2.03 bits per heavy atom. The Bertz CT molecular complexity index is 987. The number of methoxy groups -OCH3 is 1. The van der Waals surface area contributed by atoms with Crippen molar-refractivity contribution in [3.8, 4) is 0 Å². The SMILES string of the molecule is COC1=C(S[C@H]2CC[C@@](C)(O)CC2)CC(c2c(C)nc3sc(C(C)(C)O)nn23)C=C1. The van der Waals surface area contributed by atoms with Crippen LogP contribution in [0.5, 0.6) is 0 Å². The fraction of sp³-hybridized carbons (Fsp3) is 0.636. The Kier molecular flexibility index (Phi) is 5.81. The molecule has 2 aliphatic carbocycles. The first-order valence-corrected chi connectivity index (χ1v) is 12.2. The molecule has 0 spiro atoms. The van der Waals surface area contributed by atoms with Gasteiger partial charge in [0.1, 0.15) is 16.4 Å². The highest BCUT2D eigenvalue weighted by atomic mass is 32.2. The predicted molar refractivity (Wildman–Crippen MR) is 122 cm³/mol. The summed E-state index contributed by atoms with van der Waals surface area (Å²) >= 11 is 3.34. The fourth-order valence-corrected chi connectivity index (χ4v) is 6.58. The highest BCUT2D eigenvalue weighted by Gasteiger charge is 2.32. The van der Waals surface area contributed by atoms with Gasteiger partial charge in [-0.05, 0) is 65.9 Å². The van der Waals surface area contributed by atoms with Gasteiger partial charge in [0.05, 0.1) is 24.1 Å². The zero-order valence-corrected chi connectivity index (χ0v) is 19.9. The number of aryl methyl sites for hydroxylation is 1. The maximum atomic E-state index is 10.4. The average Bonchev–Trinajstić information content (AvgIpc) is 3.20. The molecular formula is C22H31N3O3S2. The van der Waals surface area contributed by atoms with Crippen LogP contribution in [0.1, 0.15) is 75.2 Å². The lowest BCUT2D eigenvalue weighted by Gasteiger charge is -2.34. The average molecular weight is 450 g/mol. The molecule has 1 saturated carbocycles. The van der Waals surface area contributed by atoms with Crippen molar-refractivity contribution in [3.63, 3.8) is 0 Å². The van der Waals surface area contributed by atoms with E-state index in [1.165, 1.54) is 16.2 Å². The third-order valence-corrected chi connectivity index (χ3v) is 8.67.